The number of hydrogen-bond acceptors (Lipinski definition) is 6. The maximum atomic E-state index is 13.4. The summed E-state index contributed by atoms with van der Waals surface area (Å²) in [5.74, 6) is -1.08. The van der Waals surface area contributed by atoms with Gasteiger partial charge in [-0.15, -0.1) is 0 Å². The number of aliphatic hydroxyl groups excluding tert-OH is 2. The Kier molecular flexibility index (Phi) is 6.59. The molecule has 0 fully saturated rings. The summed E-state index contributed by atoms with van der Waals surface area (Å²) in [7, 11) is 0. The first-order chi connectivity index (χ1) is 16.2. The zero-order valence-corrected chi connectivity index (χ0v) is 20.1. The predicted molar refractivity (Wildman–Crippen MR) is 133 cm³/mol. The number of anilines is 1. The van der Waals surface area contributed by atoms with Crippen molar-refractivity contribution >= 4 is 28.7 Å². The average molecular weight is 478 g/mol. The Labute approximate surface area is 202 Å². The van der Waals surface area contributed by atoms with Gasteiger partial charge in [0.2, 0.25) is 0 Å². The molecule has 0 saturated carbocycles. The van der Waals surface area contributed by atoms with Crippen molar-refractivity contribution in [2.75, 3.05) is 18.1 Å². The molecule has 1 unspecified atom stereocenters. The fraction of sp³-hybridized carbons (Fsp3) is 0.259. The van der Waals surface area contributed by atoms with Crippen molar-refractivity contribution in [1.29, 1.82) is 0 Å². The number of aliphatic hydroxyl groups is 2. The Morgan fingerprint density at radius 2 is 1.76 bits per heavy atom. The first-order valence-corrected chi connectivity index (χ1v) is 11.9. The summed E-state index contributed by atoms with van der Waals surface area (Å²) in [5, 5.41) is 24.2. The second-order valence-corrected chi connectivity index (χ2v) is 9.87. The van der Waals surface area contributed by atoms with Crippen LogP contribution in [0.2, 0.25) is 0 Å². The first kappa shape index (κ1) is 23.7. The molecule has 2 aromatic carbocycles. The lowest BCUT2D eigenvalue weighted by molar-refractivity contribution is -0.123. The number of thiophene rings is 1. The molecule has 6 nitrogen and oxygen atoms in total. The number of ether oxygens (including phenoxy) is 1. The first-order valence-electron chi connectivity index (χ1n) is 11.0. The normalized spacial score (nSPS) is 16.3. The maximum absolute atomic E-state index is 13.4. The molecule has 2 N–H and O–H groups in total. The van der Waals surface area contributed by atoms with Crippen LogP contribution in [0.4, 0.5) is 5.69 Å². The van der Waals surface area contributed by atoms with Crippen molar-refractivity contribution in [2.45, 2.75) is 26.8 Å². The third-order valence-electron chi connectivity index (χ3n) is 5.70. The molecular weight excluding hydrogens is 450 g/mol. The zero-order valence-electron chi connectivity index (χ0n) is 19.3. The topological polar surface area (TPSA) is 87.1 Å². The molecule has 4 rings (SSSR count). The van der Waals surface area contributed by atoms with Gasteiger partial charge in [0, 0.05) is 16.7 Å². The number of carbonyl (C=O) groups excluding carboxylic acids is 2. The molecule has 1 atom stereocenters. The van der Waals surface area contributed by atoms with Gasteiger partial charge in [-0.05, 0) is 46.2 Å². The second kappa shape index (κ2) is 9.44. The average Bonchev–Trinajstić information content (AvgIpc) is 3.44. The lowest BCUT2D eigenvalue weighted by Gasteiger charge is -2.30. The Morgan fingerprint density at radius 1 is 1.06 bits per heavy atom. The maximum Gasteiger partial charge on any atom is 0.294 e. The number of para-hydroxylation sites is 1. The van der Waals surface area contributed by atoms with Crippen LogP contribution >= 0.6 is 11.3 Å². The van der Waals surface area contributed by atoms with Crippen LogP contribution in [0, 0.1) is 5.41 Å². The number of carbonyl (C=O) groups is 2. The molecular formula is C27H27NO5S. The van der Waals surface area contributed by atoms with Crippen LogP contribution < -0.4 is 9.64 Å². The summed E-state index contributed by atoms with van der Waals surface area (Å²) in [5.41, 5.74) is 2.41. The Bertz CT molecular complexity index is 1220. The van der Waals surface area contributed by atoms with Crippen LogP contribution in [0.5, 0.6) is 5.75 Å². The van der Waals surface area contributed by atoms with E-state index in [0.29, 0.717) is 17.0 Å². The number of nitrogens with zero attached hydrogens (tertiary/aromatic N) is 1. The van der Waals surface area contributed by atoms with Crippen LogP contribution in [0.25, 0.3) is 11.1 Å². The van der Waals surface area contributed by atoms with Gasteiger partial charge in [-0.3, -0.25) is 14.5 Å². The number of rotatable bonds is 7. The van der Waals surface area contributed by atoms with Crippen LogP contribution in [-0.4, -0.2) is 35.1 Å². The lowest BCUT2D eigenvalue weighted by atomic mass is 9.82. The highest BCUT2D eigenvalue weighted by atomic mass is 32.1. The molecule has 1 aromatic heterocycles. The highest BCUT2D eigenvalue weighted by Crippen LogP contribution is 2.46. The Hall–Kier alpha value is -3.42. The van der Waals surface area contributed by atoms with Crippen molar-refractivity contribution in [3.8, 4) is 16.9 Å². The number of amides is 1. The molecule has 0 bridgehead atoms. The molecule has 0 aliphatic carbocycles. The minimum absolute atomic E-state index is 0.0412. The van der Waals surface area contributed by atoms with Gasteiger partial charge >= 0.3 is 0 Å². The third-order valence-corrected chi connectivity index (χ3v) is 6.38. The van der Waals surface area contributed by atoms with Crippen molar-refractivity contribution in [1.82, 2.24) is 0 Å². The fourth-order valence-electron chi connectivity index (χ4n) is 4.04. The number of ketones is 1. The Morgan fingerprint density at radius 3 is 2.38 bits per heavy atom. The van der Waals surface area contributed by atoms with Gasteiger partial charge in [0.15, 0.2) is 11.5 Å². The molecule has 7 heteroatoms. The van der Waals surface area contributed by atoms with E-state index in [1.807, 2.05) is 41.1 Å². The molecule has 1 aliphatic rings. The number of hydrogen-bond donors (Lipinski definition) is 2. The molecule has 0 spiro atoms. The smallest absolute Gasteiger partial charge is 0.294 e. The zero-order chi connectivity index (χ0) is 24.5. The van der Waals surface area contributed by atoms with Crippen LogP contribution in [0.1, 0.15) is 32.4 Å². The number of Topliss-reactive ketones (excluding diaryl/α,β-unsaturated/α-hetero) is 1. The summed E-state index contributed by atoms with van der Waals surface area (Å²) in [4.78, 5) is 28.2. The summed E-state index contributed by atoms with van der Waals surface area (Å²) < 4.78 is 5.73. The summed E-state index contributed by atoms with van der Waals surface area (Å²) in [6.07, 6.45) is 0. The highest BCUT2D eigenvalue weighted by Gasteiger charge is 2.47. The minimum Gasteiger partial charge on any atom is -0.503 e. The molecule has 0 radical (unpaired) electrons. The van der Waals surface area contributed by atoms with E-state index in [9.17, 15) is 19.8 Å². The van der Waals surface area contributed by atoms with Gasteiger partial charge in [-0.1, -0.05) is 51.1 Å². The highest BCUT2D eigenvalue weighted by molar-refractivity contribution is 7.08. The van der Waals surface area contributed by atoms with E-state index in [1.54, 1.807) is 56.4 Å². The van der Waals surface area contributed by atoms with Gasteiger partial charge in [0.25, 0.3) is 5.91 Å². The second-order valence-electron chi connectivity index (χ2n) is 9.09. The predicted octanol–water partition coefficient (Wildman–Crippen LogP) is 5.30. The van der Waals surface area contributed by atoms with E-state index < -0.39 is 23.1 Å². The van der Waals surface area contributed by atoms with E-state index in [1.165, 1.54) is 4.90 Å². The summed E-state index contributed by atoms with van der Waals surface area (Å²) >= 11 is 1.60. The van der Waals surface area contributed by atoms with E-state index >= 15 is 0 Å². The quantitative estimate of drug-likeness (QED) is 0.482. The molecule has 1 aliphatic heterocycles. The van der Waals surface area contributed by atoms with Crippen LogP contribution in [0.3, 0.4) is 0 Å². The van der Waals surface area contributed by atoms with Crippen molar-refractivity contribution in [3.05, 3.63) is 82.3 Å². The van der Waals surface area contributed by atoms with Crippen molar-refractivity contribution in [2.24, 2.45) is 5.41 Å². The van der Waals surface area contributed by atoms with Gasteiger partial charge in [-0.2, -0.15) is 11.3 Å². The van der Waals surface area contributed by atoms with Crippen molar-refractivity contribution in [3.63, 3.8) is 0 Å². The number of benzene rings is 2. The molecule has 0 saturated heterocycles. The lowest BCUT2D eigenvalue weighted by Crippen LogP contribution is -2.33. The van der Waals surface area contributed by atoms with E-state index in [-0.39, 0.29) is 24.6 Å². The van der Waals surface area contributed by atoms with Crippen molar-refractivity contribution < 1.29 is 24.5 Å². The van der Waals surface area contributed by atoms with Gasteiger partial charge < -0.3 is 14.9 Å². The fourth-order valence-corrected chi connectivity index (χ4v) is 4.70. The third kappa shape index (κ3) is 4.36. The van der Waals surface area contributed by atoms with E-state index in [4.69, 9.17) is 4.74 Å². The van der Waals surface area contributed by atoms with Gasteiger partial charge in [0.1, 0.15) is 12.4 Å². The van der Waals surface area contributed by atoms with E-state index in [0.717, 1.165) is 11.1 Å². The summed E-state index contributed by atoms with van der Waals surface area (Å²) in [6, 6.07) is 15.7. The molecule has 2 heterocycles. The van der Waals surface area contributed by atoms with Gasteiger partial charge in [-0.25, -0.2) is 0 Å². The monoisotopic (exact) mass is 477 g/mol. The Balaban J connectivity index is 1.84. The van der Waals surface area contributed by atoms with Gasteiger partial charge in [0.05, 0.1) is 18.2 Å². The molecule has 34 heavy (non-hydrogen) atoms. The molecule has 3 aromatic rings. The SMILES string of the molecule is CC(C)(C)C(=O)C1=C(O)C(=O)N(c2ccc(-c3ccsc3)cc2)C1c1ccccc1OCCO. The van der Waals surface area contributed by atoms with Crippen LogP contribution in [0.15, 0.2) is 76.7 Å². The van der Waals surface area contributed by atoms with Crippen LogP contribution in [-0.2, 0) is 9.59 Å². The molecule has 1 amide bonds. The standard InChI is InChI=1S/C27H27NO5S/c1-27(2,3)25(31)22-23(20-6-4-5-7-21(20)33-14-13-29)28(26(32)24(22)30)19-10-8-17(9-11-19)18-12-15-34-16-18/h4-12,15-16,23,29-30H,13-14H2,1-3H3. The van der Waals surface area contributed by atoms with E-state index in [2.05, 4.69) is 0 Å². The summed E-state index contributed by atoms with van der Waals surface area (Å²) in [6.45, 7) is 5.14. The largest absolute Gasteiger partial charge is 0.503 e. The molecule has 176 valence electrons. The minimum atomic E-state index is -0.874.